The van der Waals surface area contributed by atoms with E-state index in [1.165, 1.54) is 0 Å². The summed E-state index contributed by atoms with van der Waals surface area (Å²) in [6.07, 6.45) is -1.26. The summed E-state index contributed by atoms with van der Waals surface area (Å²) in [5, 5.41) is 7.98. The van der Waals surface area contributed by atoms with Crippen molar-refractivity contribution < 1.29 is 23.1 Å². The Kier molecular flexibility index (Phi) is 4.80. The highest BCUT2D eigenvalue weighted by atomic mass is 19.3. The second kappa shape index (κ2) is 5.09. The van der Waals surface area contributed by atoms with Crippen molar-refractivity contribution in [3.63, 3.8) is 0 Å². The third-order valence-corrected chi connectivity index (χ3v) is 1.74. The first-order chi connectivity index (χ1) is 5.92. The summed E-state index contributed by atoms with van der Waals surface area (Å²) in [5.41, 5.74) is 0. The number of carboxylic acids is 1. The molecule has 0 fully saturated rings. The number of hydrogen-bond acceptors (Lipinski definition) is 1. The third-order valence-electron chi connectivity index (χ3n) is 1.74. The number of carboxylic acid groups (broad SMARTS) is 1. The molecule has 0 heterocycles. The Bertz CT molecular complexity index is 171. The van der Waals surface area contributed by atoms with Crippen LogP contribution in [0.25, 0.3) is 0 Å². The van der Waals surface area contributed by atoms with Crippen molar-refractivity contribution in [3.8, 4) is 0 Å². The Morgan fingerprint density at radius 3 is 2.38 bits per heavy atom. The summed E-state index contributed by atoms with van der Waals surface area (Å²) >= 11 is 0. The van der Waals surface area contributed by atoms with E-state index in [2.05, 4.69) is 0 Å². The van der Waals surface area contributed by atoms with Crippen LogP contribution in [0.2, 0.25) is 0 Å². The molecule has 0 aromatic rings. The van der Waals surface area contributed by atoms with Crippen molar-refractivity contribution in [3.05, 3.63) is 0 Å². The van der Waals surface area contributed by atoms with Crippen LogP contribution in [0.15, 0.2) is 0 Å². The fourth-order valence-corrected chi connectivity index (χ4v) is 0.889. The Balaban J connectivity index is 3.94. The van der Waals surface area contributed by atoms with E-state index in [1.807, 2.05) is 6.92 Å². The first-order valence-electron chi connectivity index (χ1n) is 4.18. The predicted molar refractivity (Wildman–Crippen MR) is 41.6 cm³/mol. The summed E-state index contributed by atoms with van der Waals surface area (Å²) < 4.78 is 37.4. The molecule has 0 aromatic heterocycles. The van der Waals surface area contributed by atoms with E-state index in [1.54, 1.807) is 0 Å². The zero-order chi connectivity index (χ0) is 10.5. The van der Waals surface area contributed by atoms with Gasteiger partial charge in [0, 0.05) is 0 Å². The zero-order valence-electron chi connectivity index (χ0n) is 7.40. The molecule has 2 nitrogen and oxygen atoms in total. The van der Waals surface area contributed by atoms with Gasteiger partial charge in [-0.15, -0.1) is 0 Å². The Morgan fingerprint density at radius 2 is 2.00 bits per heavy atom. The third kappa shape index (κ3) is 3.65. The molecule has 0 aliphatic rings. The molecule has 0 bridgehead atoms. The molecule has 0 aliphatic heterocycles. The van der Waals surface area contributed by atoms with Gasteiger partial charge in [0.1, 0.15) is 0 Å². The minimum atomic E-state index is -4.24. The summed E-state index contributed by atoms with van der Waals surface area (Å²) in [4.78, 5) is 9.91. The second-order valence-electron chi connectivity index (χ2n) is 2.89. The topological polar surface area (TPSA) is 37.3 Å². The molecular formula is C8H13F3O2. The van der Waals surface area contributed by atoms with E-state index in [0.29, 0.717) is 12.8 Å². The van der Waals surface area contributed by atoms with Gasteiger partial charge in [-0.1, -0.05) is 26.2 Å². The number of hydrogen-bond donors (Lipinski definition) is 1. The molecule has 0 aromatic carbocycles. The second-order valence-corrected chi connectivity index (χ2v) is 2.89. The Labute approximate surface area is 74.7 Å². The smallest absolute Gasteiger partial charge is 0.377 e. The maximum Gasteiger partial charge on any atom is 0.377 e. The highest BCUT2D eigenvalue weighted by Gasteiger charge is 2.47. The molecule has 78 valence electrons. The molecule has 0 saturated heterocycles. The molecule has 5 heteroatoms. The van der Waals surface area contributed by atoms with Gasteiger partial charge in [-0.2, -0.15) is 8.78 Å². The van der Waals surface area contributed by atoms with Crippen molar-refractivity contribution >= 4 is 5.97 Å². The highest BCUT2D eigenvalue weighted by molar-refractivity contribution is 5.76. The van der Waals surface area contributed by atoms with Crippen LogP contribution in [-0.4, -0.2) is 23.2 Å². The van der Waals surface area contributed by atoms with Crippen LogP contribution < -0.4 is 0 Å². The quantitative estimate of drug-likeness (QED) is 0.666. The van der Waals surface area contributed by atoms with Gasteiger partial charge in [0.2, 0.25) is 0 Å². The SMILES string of the molecule is CCCCCC(F)C(F)(F)C(=O)O. The van der Waals surface area contributed by atoms with Gasteiger partial charge < -0.3 is 5.11 Å². The predicted octanol–water partition coefficient (Wildman–Crippen LogP) is 2.62. The summed E-state index contributed by atoms with van der Waals surface area (Å²) in [5.74, 6) is -6.63. The summed E-state index contributed by atoms with van der Waals surface area (Å²) in [7, 11) is 0. The van der Waals surface area contributed by atoms with E-state index in [-0.39, 0.29) is 0 Å². The van der Waals surface area contributed by atoms with Crippen molar-refractivity contribution in [2.45, 2.75) is 44.7 Å². The van der Waals surface area contributed by atoms with Crippen LogP contribution in [0, 0.1) is 0 Å². The molecule has 0 rings (SSSR count). The highest BCUT2D eigenvalue weighted by Crippen LogP contribution is 2.25. The first kappa shape index (κ1) is 12.3. The largest absolute Gasteiger partial charge is 0.477 e. The zero-order valence-corrected chi connectivity index (χ0v) is 7.40. The van der Waals surface area contributed by atoms with Gasteiger partial charge in [-0.05, 0) is 6.42 Å². The number of unbranched alkanes of at least 4 members (excludes halogenated alkanes) is 2. The fourth-order valence-electron chi connectivity index (χ4n) is 0.889. The van der Waals surface area contributed by atoms with Gasteiger partial charge in [-0.3, -0.25) is 0 Å². The van der Waals surface area contributed by atoms with Crippen LogP contribution in [0.4, 0.5) is 13.2 Å². The van der Waals surface area contributed by atoms with Crippen molar-refractivity contribution in [2.24, 2.45) is 0 Å². The molecule has 1 N–H and O–H groups in total. The van der Waals surface area contributed by atoms with E-state index in [4.69, 9.17) is 5.11 Å². The van der Waals surface area contributed by atoms with E-state index in [0.717, 1.165) is 6.42 Å². The summed E-state index contributed by atoms with van der Waals surface area (Å²) in [6.45, 7) is 1.85. The van der Waals surface area contributed by atoms with Crippen LogP contribution in [0.5, 0.6) is 0 Å². The fraction of sp³-hybridized carbons (Fsp3) is 0.875. The van der Waals surface area contributed by atoms with Gasteiger partial charge >= 0.3 is 11.9 Å². The first-order valence-corrected chi connectivity index (χ1v) is 4.18. The maximum absolute atomic E-state index is 12.6. The molecule has 13 heavy (non-hydrogen) atoms. The number of rotatable bonds is 6. The average molecular weight is 198 g/mol. The van der Waals surface area contributed by atoms with Gasteiger partial charge in [0.05, 0.1) is 0 Å². The van der Waals surface area contributed by atoms with Crippen LogP contribution >= 0.6 is 0 Å². The molecule has 1 atom stereocenters. The Hall–Kier alpha value is -0.740. The normalized spacial score (nSPS) is 14.2. The number of alkyl halides is 3. The molecule has 0 amide bonds. The van der Waals surface area contributed by atoms with Crippen molar-refractivity contribution in [2.75, 3.05) is 0 Å². The molecule has 1 unspecified atom stereocenters. The molecular weight excluding hydrogens is 185 g/mol. The number of aliphatic carboxylic acids is 1. The standard InChI is InChI=1S/C8H13F3O2/c1-2-3-4-5-6(9)8(10,11)7(12)13/h6H,2-5H2,1H3,(H,12,13). The number of carbonyl (C=O) groups is 1. The van der Waals surface area contributed by atoms with Crippen molar-refractivity contribution in [1.29, 1.82) is 0 Å². The van der Waals surface area contributed by atoms with Crippen LogP contribution in [0.1, 0.15) is 32.6 Å². The number of halogens is 3. The van der Waals surface area contributed by atoms with Gasteiger partial charge in [0.15, 0.2) is 6.17 Å². The van der Waals surface area contributed by atoms with E-state index >= 15 is 0 Å². The minimum Gasteiger partial charge on any atom is -0.477 e. The lowest BCUT2D eigenvalue weighted by Crippen LogP contribution is -2.38. The molecule has 0 radical (unpaired) electrons. The van der Waals surface area contributed by atoms with E-state index < -0.39 is 24.5 Å². The molecule has 0 aliphatic carbocycles. The van der Waals surface area contributed by atoms with Gasteiger partial charge in [0.25, 0.3) is 0 Å². The lowest BCUT2D eigenvalue weighted by Gasteiger charge is -2.15. The lowest BCUT2D eigenvalue weighted by molar-refractivity contribution is -0.175. The molecule has 0 spiro atoms. The maximum atomic E-state index is 12.6. The average Bonchev–Trinajstić information content (AvgIpc) is 2.04. The van der Waals surface area contributed by atoms with Crippen molar-refractivity contribution in [1.82, 2.24) is 0 Å². The van der Waals surface area contributed by atoms with Crippen LogP contribution in [0.3, 0.4) is 0 Å². The minimum absolute atomic E-state index is 0.292. The van der Waals surface area contributed by atoms with Crippen LogP contribution in [-0.2, 0) is 4.79 Å². The molecule has 0 saturated carbocycles. The lowest BCUT2D eigenvalue weighted by atomic mass is 10.1. The monoisotopic (exact) mass is 198 g/mol. The Morgan fingerprint density at radius 1 is 1.46 bits per heavy atom. The van der Waals surface area contributed by atoms with Gasteiger partial charge in [-0.25, -0.2) is 9.18 Å². The summed E-state index contributed by atoms with van der Waals surface area (Å²) in [6, 6.07) is 0. The van der Waals surface area contributed by atoms with E-state index in [9.17, 15) is 18.0 Å².